The molecule has 1 heterocycles. The summed E-state index contributed by atoms with van der Waals surface area (Å²) in [6.45, 7) is 4.62. The molecule has 1 unspecified atom stereocenters. The van der Waals surface area contributed by atoms with E-state index in [1.54, 1.807) is 12.0 Å². The summed E-state index contributed by atoms with van der Waals surface area (Å²) in [6, 6.07) is 7.39. The van der Waals surface area contributed by atoms with E-state index in [0.717, 1.165) is 5.56 Å². The summed E-state index contributed by atoms with van der Waals surface area (Å²) < 4.78 is 5.16. The number of methoxy groups -OCH3 is 1. The van der Waals surface area contributed by atoms with Crippen molar-refractivity contribution in [3.63, 3.8) is 0 Å². The van der Waals surface area contributed by atoms with Crippen LogP contribution in [-0.4, -0.2) is 42.1 Å². The topological polar surface area (TPSA) is 66.8 Å². The minimum atomic E-state index is -0.815. The molecule has 1 saturated heterocycles. The van der Waals surface area contributed by atoms with Crippen molar-refractivity contribution in [2.45, 2.75) is 26.7 Å². The van der Waals surface area contributed by atoms with Gasteiger partial charge >= 0.3 is 5.97 Å². The number of hydrogen-bond donors (Lipinski definition) is 1. The number of hydrogen-bond acceptors (Lipinski definition) is 3. The molecular weight excluding hydrogens is 282 g/mol. The molecule has 5 heteroatoms. The van der Waals surface area contributed by atoms with Crippen LogP contribution in [0.2, 0.25) is 0 Å². The number of amides is 1. The van der Waals surface area contributed by atoms with Gasteiger partial charge in [-0.15, -0.1) is 0 Å². The number of benzene rings is 1. The first kappa shape index (κ1) is 16.3. The lowest BCUT2D eigenvalue weighted by Crippen LogP contribution is -2.41. The summed E-state index contributed by atoms with van der Waals surface area (Å²) in [6.07, 6.45) is 0.787. The second-order valence-corrected chi connectivity index (χ2v) is 6.21. The number of nitrogens with zero attached hydrogens (tertiary/aromatic N) is 1. The van der Waals surface area contributed by atoms with Gasteiger partial charge in [0.25, 0.3) is 0 Å². The van der Waals surface area contributed by atoms with Crippen molar-refractivity contribution < 1.29 is 19.4 Å². The molecule has 0 aliphatic carbocycles. The van der Waals surface area contributed by atoms with Crippen molar-refractivity contribution in [3.8, 4) is 5.75 Å². The number of likely N-dealkylation sites (tertiary alicyclic amines) is 1. The van der Waals surface area contributed by atoms with Crippen molar-refractivity contribution in [3.05, 3.63) is 29.8 Å². The van der Waals surface area contributed by atoms with Crippen molar-refractivity contribution in [1.82, 2.24) is 4.90 Å². The first-order valence-corrected chi connectivity index (χ1v) is 7.53. The molecule has 120 valence electrons. The zero-order valence-electron chi connectivity index (χ0n) is 13.3. The molecule has 1 aromatic rings. The van der Waals surface area contributed by atoms with Crippen LogP contribution >= 0.6 is 0 Å². The van der Waals surface area contributed by atoms with Crippen LogP contribution in [0.3, 0.4) is 0 Å². The average Bonchev–Trinajstić information content (AvgIpc) is 2.94. The van der Waals surface area contributed by atoms with Crippen LogP contribution in [0.15, 0.2) is 24.3 Å². The Balaban J connectivity index is 2.07. The molecule has 1 amide bonds. The standard InChI is InChI=1S/C17H23NO4/c1-12(2)17(16(20)21)7-8-18(11-17)15(19)10-13-5-4-6-14(9-13)22-3/h4-6,9,12H,7-8,10-11H2,1-3H3,(H,20,21). The Labute approximate surface area is 130 Å². The van der Waals surface area contributed by atoms with Gasteiger partial charge in [-0.1, -0.05) is 26.0 Å². The summed E-state index contributed by atoms with van der Waals surface area (Å²) in [5, 5.41) is 9.54. The van der Waals surface area contributed by atoms with Crippen molar-refractivity contribution in [1.29, 1.82) is 0 Å². The zero-order chi connectivity index (χ0) is 16.3. The third kappa shape index (κ3) is 3.08. The normalized spacial score (nSPS) is 21.2. The largest absolute Gasteiger partial charge is 0.497 e. The molecule has 1 aliphatic heterocycles. The second-order valence-electron chi connectivity index (χ2n) is 6.21. The SMILES string of the molecule is COc1cccc(CC(=O)N2CCC(C(=O)O)(C(C)C)C2)c1. The number of aliphatic carboxylic acids is 1. The van der Waals surface area contributed by atoms with Crippen molar-refractivity contribution in [2.75, 3.05) is 20.2 Å². The Morgan fingerprint density at radius 1 is 1.41 bits per heavy atom. The fraction of sp³-hybridized carbons (Fsp3) is 0.529. The first-order chi connectivity index (χ1) is 10.4. The van der Waals surface area contributed by atoms with Crippen LogP contribution < -0.4 is 4.74 Å². The smallest absolute Gasteiger partial charge is 0.311 e. The number of carboxylic acids is 1. The quantitative estimate of drug-likeness (QED) is 0.905. The molecule has 5 nitrogen and oxygen atoms in total. The van der Waals surface area contributed by atoms with Gasteiger partial charge < -0.3 is 14.7 Å². The summed E-state index contributed by atoms with van der Waals surface area (Å²) >= 11 is 0. The number of carbonyl (C=O) groups excluding carboxylic acids is 1. The van der Waals surface area contributed by atoms with E-state index in [1.807, 2.05) is 38.1 Å². The third-order valence-electron chi connectivity index (χ3n) is 4.67. The Morgan fingerprint density at radius 2 is 2.14 bits per heavy atom. The molecule has 0 saturated carbocycles. The predicted molar refractivity (Wildman–Crippen MR) is 82.8 cm³/mol. The van der Waals surface area contributed by atoms with E-state index in [0.29, 0.717) is 25.3 Å². The molecule has 0 bridgehead atoms. The molecule has 1 fully saturated rings. The van der Waals surface area contributed by atoms with Gasteiger partial charge in [-0.3, -0.25) is 9.59 Å². The lowest BCUT2D eigenvalue weighted by atomic mass is 9.76. The summed E-state index contributed by atoms with van der Waals surface area (Å²) in [5.41, 5.74) is 0.0612. The van der Waals surface area contributed by atoms with Gasteiger partial charge in [-0.25, -0.2) is 0 Å². The zero-order valence-corrected chi connectivity index (χ0v) is 13.3. The Bertz CT molecular complexity index is 570. The van der Waals surface area contributed by atoms with E-state index < -0.39 is 11.4 Å². The summed E-state index contributed by atoms with van der Waals surface area (Å²) in [5.74, 6) is -0.121. The fourth-order valence-electron chi connectivity index (χ4n) is 3.01. The highest BCUT2D eigenvalue weighted by molar-refractivity contribution is 5.82. The van der Waals surface area contributed by atoms with E-state index in [-0.39, 0.29) is 18.2 Å². The van der Waals surface area contributed by atoms with Gasteiger partial charge in [-0.05, 0) is 30.0 Å². The van der Waals surface area contributed by atoms with Gasteiger partial charge in [-0.2, -0.15) is 0 Å². The Hall–Kier alpha value is -2.04. The molecule has 1 aliphatic rings. The van der Waals surface area contributed by atoms with Gasteiger partial charge in [0.2, 0.25) is 5.91 Å². The number of carbonyl (C=O) groups is 2. The molecule has 1 N–H and O–H groups in total. The van der Waals surface area contributed by atoms with Crippen LogP contribution in [0.25, 0.3) is 0 Å². The van der Waals surface area contributed by atoms with E-state index >= 15 is 0 Å². The molecule has 22 heavy (non-hydrogen) atoms. The van der Waals surface area contributed by atoms with E-state index in [2.05, 4.69) is 0 Å². The van der Waals surface area contributed by atoms with Crippen LogP contribution in [0.5, 0.6) is 5.75 Å². The maximum absolute atomic E-state index is 12.4. The first-order valence-electron chi connectivity index (χ1n) is 7.53. The average molecular weight is 305 g/mol. The number of ether oxygens (including phenoxy) is 1. The minimum absolute atomic E-state index is 0.000352. The van der Waals surface area contributed by atoms with Crippen LogP contribution in [0.1, 0.15) is 25.8 Å². The van der Waals surface area contributed by atoms with Gasteiger partial charge in [0.15, 0.2) is 0 Å². The van der Waals surface area contributed by atoms with Crippen LogP contribution in [0, 0.1) is 11.3 Å². The predicted octanol–water partition coefficient (Wildman–Crippen LogP) is 2.20. The Morgan fingerprint density at radius 3 is 2.68 bits per heavy atom. The number of rotatable bonds is 5. The van der Waals surface area contributed by atoms with Crippen LogP contribution in [0.4, 0.5) is 0 Å². The summed E-state index contributed by atoms with van der Waals surface area (Å²) in [4.78, 5) is 25.7. The molecule has 0 aromatic heterocycles. The monoisotopic (exact) mass is 305 g/mol. The molecule has 0 radical (unpaired) electrons. The molecule has 0 spiro atoms. The maximum Gasteiger partial charge on any atom is 0.311 e. The minimum Gasteiger partial charge on any atom is -0.497 e. The Kier molecular flexibility index (Phi) is 4.74. The van der Waals surface area contributed by atoms with Gasteiger partial charge in [0.1, 0.15) is 5.75 Å². The second kappa shape index (κ2) is 6.38. The van der Waals surface area contributed by atoms with Crippen molar-refractivity contribution >= 4 is 11.9 Å². The lowest BCUT2D eigenvalue weighted by molar-refractivity contribution is -0.151. The third-order valence-corrected chi connectivity index (χ3v) is 4.67. The molecular formula is C17H23NO4. The van der Waals surface area contributed by atoms with E-state index in [1.165, 1.54) is 0 Å². The van der Waals surface area contributed by atoms with Crippen LogP contribution in [-0.2, 0) is 16.0 Å². The van der Waals surface area contributed by atoms with E-state index in [4.69, 9.17) is 4.74 Å². The molecule has 2 rings (SSSR count). The van der Waals surface area contributed by atoms with Crippen molar-refractivity contribution in [2.24, 2.45) is 11.3 Å². The number of carboxylic acid groups (broad SMARTS) is 1. The molecule has 1 atom stereocenters. The lowest BCUT2D eigenvalue weighted by Gasteiger charge is -2.28. The summed E-state index contributed by atoms with van der Waals surface area (Å²) in [7, 11) is 1.59. The van der Waals surface area contributed by atoms with Gasteiger partial charge in [0, 0.05) is 13.1 Å². The highest BCUT2D eigenvalue weighted by atomic mass is 16.5. The fourth-order valence-corrected chi connectivity index (χ4v) is 3.01. The maximum atomic E-state index is 12.4. The molecule has 1 aromatic carbocycles. The highest BCUT2D eigenvalue weighted by Crippen LogP contribution is 2.38. The highest BCUT2D eigenvalue weighted by Gasteiger charge is 2.48. The van der Waals surface area contributed by atoms with E-state index in [9.17, 15) is 14.7 Å². The van der Waals surface area contributed by atoms with Gasteiger partial charge in [0.05, 0.1) is 18.9 Å².